The zero-order valence-electron chi connectivity index (χ0n) is 9.56. The Labute approximate surface area is 95.0 Å². The Kier molecular flexibility index (Phi) is 2.03. The third kappa shape index (κ3) is 1.28. The van der Waals surface area contributed by atoms with Crippen LogP contribution in [0.3, 0.4) is 0 Å². The van der Waals surface area contributed by atoms with Crippen LogP contribution in [0.15, 0.2) is 10.3 Å². The van der Waals surface area contributed by atoms with E-state index in [2.05, 4.69) is 17.2 Å². The lowest BCUT2D eigenvalue weighted by Gasteiger charge is -2.45. The number of fused-ring (bicyclic) bond motifs is 1. The second-order valence-corrected chi connectivity index (χ2v) is 6.12. The van der Waals surface area contributed by atoms with E-state index in [9.17, 15) is 0 Å². The zero-order valence-corrected chi connectivity index (χ0v) is 9.56. The molecule has 0 aliphatic heterocycles. The highest BCUT2D eigenvalue weighted by Crippen LogP contribution is 2.55. The number of rotatable bonds is 0. The van der Waals surface area contributed by atoms with Crippen molar-refractivity contribution in [1.82, 2.24) is 0 Å². The van der Waals surface area contributed by atoms with Crippen molar-refractivity contribution in [1.29, 1.82) is 0 Å². The van der Waals surface area contributed by atoms with Gasteiger partial charge >= 0.3 is 0 Å². The van der Waals surface area contributed by atoms with Crippen molar-refractivity contribution in [3.63, 3.8) is 0 Å². The molecule has 4 fully saturated rings. The summed E-state index contributed by atoms with van der Waals surface area (Å²) >= 11 is 0. The molecule has 4 unspecified atom stereocenters. The molecule has 0 saturated heterocycles. The molecule has 4 aliphatic carbocycles. The number of hydrogen-bond acceptors (Lipinski definition) is 4. The number of oxime groups is 2. The summed E-state index contributed by atoms with van der Waals surface area (Å²) < 4.78 is 0. The quantitative estimate of drug-likeness (QED) is 0.488. The normalized spacial score (nSPS) is 51.2. The van der Waals surface area contributed by atoms with Crippen LogP contribution in [0.25, 0.3) is 0 Å². The second-order valence-electron chi connectivity index (χ2n) is 6.12. The summed E-state index contributed by atoms with van der Waals surface area (Å²) in [6, 6.07) is 0. The summed E-state index contributed by atoms with van der Waals surface area (Å²) in [6.45, 7) is 2.33. The average molecular weight is 222 g/mol. The minimum Gasteiger partial charge on any atom is -0.411 e. The molecule has 4 aliphatic rings. The van der Waals surface area contributed by atoms with E-state index in [0.717, 1.165) is 31.6 Å². The largest absolute Gasteiger partial charge is 0.411 e. The van der Waals surface area contributed by atoms with Gasteiger partial charge in [0.1, 0.15) is 11.4 Å². The molecule has 4 bridgehead atoms. The summed E-state index contributed by atoms with van der Waals surface area (Å²) in [6.07, 6.45) is 5.66. The molecule has 4 saturated carbocycles. The Morgan fingerprint density at radius 3 is 1.88 bits per heavy atom. The van der Waals surface area contributed by atoms with Gasteiger partial charge in [-0.15, -0.1) is 0 Å². The third-order valence-corrected chi connectivity index (χ3v) is 4.75. The summed E-state index contributed by atoms with van der Waals surface area (Å²) in [5, 5.41) is 25.1. The van der Waals surface area contributed by atoms with Crippen molar-refractivity contribution >= 4 is 11.4 Å². The predicted octanol–water partition coefficient (Wildman–Crippen LogP) is 2.49. The number of hydrogen-bond donors (Lipinski definition) is 2. The molecular weight excluding hydrogens is 204 g/mol. The van der Waals surface area contributed by atoms with Crippen molar-refractivity contribution in [2.24, 2.45) is 33.5 Å². The maximum absolute atomic E-state index is 9.15. The van der Waals surface area contributed by atoms with E-state index >= 15 is 0 Å². The molecule has 16 heavy (non-hydrogen) atoms. The molecule has 0 aromatic heterocycles. The van der Waals surface area contributed by atoms with Crippen LogP contribution in [0, 0.1) is 23.2 Å². The van der Waals surface area contributed by atoms with E-state index in [0.29, 0.717) is 28.7 Å². The average Bonchev–Trinajstić information content (AvgIpc) is 2.36. The molecule has 0 radical (unpaired) electrons. The molecule has 0 amide bonds. The van der Waals surface area contributed by atoms with Crippen molar-refractivity contribution < 1.29 is 10.4 Å². The van der Waals surface area contributed by atoms with Crippen molar-refractivity contribution in [2.45, 2.75) is 39.0 Å². The molecule has 4 heteroatoms. The van der Waals surface area contributed by atoms with Crippen LogP contribution in [0.2, 0.25) is 0 Å². The fourth-order valence-corrected chi connectivity index (χ4v) is 4.47. The van der Waals surface area contributed by atoms with Crippen LogP contribution >= 0.6 is 0 Å². The molecule has 4 atom stereocenters. The molecule has 0 aromatic rings. The van der Waals surface area contributed by atoms with Gasteiger partial charge in [0.25, 0.3) is 0 Å². The second kappa shape index (κ2) is 3.22. The highest BCUT2D eigenvalue weighted by atomic mass is 16.4. The van der Waals surface area contributed by atoms with Crippen LogP contribution in [0.1, 0.15) is 39.0 Å². The van der Waals surface area contributed by atoms with E-state index in [-0.39, 0.29) is 0 Å². The minimum atomic E-state index is 0.298. The molecule has 0 spiro atoms. The van der Waals surface area contributed by atoms with E-state index in [1.54, 1.807) is 0 Å². The van der Waals surface area contributed by atoms with Crippen LogP contribution in [0.5, 0.6) is 0 Å². The van der Waals surface area contributed by atoms with Crippen LogP contribution in [0.4, 0.5) is 0 Å². The highest BCUT2D eigenvalue weighted by Gasteiger charge is 2.51. The van der Waals surface area contributed by atoms with Crippen LogP contribution < -0.4 is 0 Å². The molecule has 0 aromatic carbocycles. The number of nitrogens with zero attached hydrogens (tertiary/aromatic N) is 2. The standard InChI is InChI=1S/C12H18N2O2/c1-12-4-7-2-8(5-12)10(13-15)11(14-16)9(3-7)6-12/h7-9,15-16H,2-6H2,1H3/b13-10-,14-11+. The first kappa shape index (κ1) is 10.1. The minimum absolute atomic E-state index is 0.298. The molecule has 2 N–H and O–H groups in total. The highest BCUT2D eigenvalue weighted by molar-refractivity contribution is 6.43. The molecule has 88 valence electrons. The van der Waals surface area contributed by atoms with Gasteiger partial charge in [-0.1, -0.05) is 17.2 Å². The molecular formula is C12H18N2O2. The van der Waals surface area contributed by atoms with Gasteiger partial charge in [0.15, 0.2) is 0 Å². The summed E-state index contributed by atoms with van der Waals surface area (Å²) in [5.41, 5.74) is 1.66. The van der Waals surface area contributed by atoms with Gasteiger partial charge in [0.05, 0.1) is 0 Å². The first-order chi connectivity index (χ1) is 7.65. The monoisotopic (exact) mass is 222 g/mol. The lowest BCUT2D eigenvalue weighted by molar-refractivity contribution is 0.0658. The fraction of sp³-hybridized carbons (Fsp3) is 0.833. The van der Waals surface area contributed by atoms with Gasteiger partial charge in [0, 0.05) is 11.8 Å². The Balaban J connectivity index is 2.09. The van der Waals surface area contributed by atoms with Crippen molar-refractivity contribution in [3.05, 3.63) is 0 Å². The lowest BCUT2D eigenvalue weighted by Crippen LogP contribution is -2.36. The van der Waals surface area contributed by atoms with Gasteiger partial charge in [-0.25, -0.2) is 0 Å². The van der Waals surface area contributed by atoms with Crippen LogP contribution in [-0.2, 0) is 0 Å². The van der Waals surface area contributed by atoms with E-state index in [1.165, 1.54) is 6.42 Å². The van der Waals surface area contributed by atoms with Crippen LogP contribution in [-0.4, -0.2) is 21.8 Å². The van der Waals surface area contributed by atoms with Gasteiger partial charge in [-0.3, -0.25) is 0 Å². The summed E-state index contributed by atoms with van der Waals surface area (Å²) in [4.78, 5) is 0. The molecule has 0 heterocycles. The topological polar surface area (TPSA) is 65.2 Å². The zero-order chi connectivity index (χ0) is 11.3. The van der Waals surface area contributed by atoms with Crippen molar-refractivity contribution in [3.8, 4) is 0 Å². The van der Waals surface area contributed by atoms with E-state index in [1.807, 2.05) is 0 Å². The maximum atomic E-state index is 9.15. The van der Waals surface area contributed by atoms with E-state index < -0.39 is 0 Å². The first-order valence-electron chi connectivity index (χ1n) is 6.09. The first-order valence-corrected chi connectivity index (χ1v) is 6.09. The smallest absolute Gasteiger partial charge is 0.108 e. The Morgan fingerprint density at radius 2 is 1.50 bits per heavy atom. The summed E-state index contributed by atoms with van der Waals surface area (Å²) in [7, 11) is 0. The SMILES string of the molecule is CC12CC3CC(C1)C(=N/O)/C(=N/O)C(C3)C2. The van der Waals surface area contributed by atoms with Gasteiger partial charge in [-0.2, -0.15) is 0 Å². The predicted molar refractivity (Wildman–Crippen MR) is 60.1 cm³/mol. The van der Waals surface area contributed by atoms with Gasteiger partial charge in [-0.05, 0) is 43.4 Å². The van der Waals surface area contributed by atoms with Gasteiger partial charge in [0.2, 0.25) is 0 Å². The lowest BCUT2D eigenvalue weighted by atomic mass is 9.59. The Hall–Kier alpha value is -1.06. The maximum Gasteiger partial charge on any atom is 0.108 e. The molecule has 4 rings (SSSR count). The third-order valence-electron chi connectivity index (χ3n) is 4.75. The van der Waals surface area contributed by atoms with Gasteiger partial charge < -0.3 is 10.4 Å². The Bertz CT molecular complexity index is 345. The molecule has 4 nitrogen and oxygen atoms in total. The Morgan fingerprint density at radius 1 is 1.00 bits per heavy atom. The fourth-order valence-electron chi connectivity index (χ4n) is 4.47. The van der Waals surface area contributed by atoms with E-state index in [4.69, 9.17) is 10.4 Å². The van der Waals surface area contributed by atoms with Crippen molar-refractivity contribution in [2.75, 3.05) is 0 Å². The summed E-state index contributed by atoms with van der Waals surface area (Å²) in [5.74, 6) is 1.32.